The Balaban J connectivity index is 1.91. The number of carbonyl (C=O) groups is 1. The van der Waals surface area contributed by atoms with Crippen molar-refractivity contribution in [2.24, 2.45) is 5.10 Å². The van der Waals surface area contributed by atoms with Gasteiger partial charge in [-0.2, -0.15) is 5.10 Å². The zero-order valence-electron chi connectivity index (χ0n) is 14.0. The zero-order valence-corrected chi connectivity index (χ0v) is 14.8. The van der Waals surface area contributed by atoms with Crippen LogP contribution < -0.4 is 5.43 Å². The van der Waals surface area contributed by atoms with E-state index in [0.717, 1.165) is 11.4 Å². The fourth-order valence-corrected chi connectivity index (χ4v) is 2.70. The number of thioether (sulfide) groups is 1. The van der Waals surface area contributed by atoms with Crippen LogP contribution >= 0.6 is 11.8 Å². The molecular formula is C16H17N5O3S. The second kappa shape index (κ2) is 8.34. The standard InChI is InChI=1S/C16H17N5O3S/c1-10-8-11(2)18-16(17-10)25-9-15(22)20-19-12(3)13-4-6-14(7-5-13)21(23)24/h4-8H,9H2,1-3H3,(H,20,22)/b19-12-. The summed E-state index contributed by atoms with van der Waals surface area (Å²) < 4.78 is 0. The summed E-state index contributed by atoms with van der Waals surface area (Å²) in [5.74, 6) is -0.144. The second-order valence-electron chi connectivity index (χ2n) is 5.26. The van der Waals surface area contributed by atoms with Gasteiger partial charge in [0.05, 0.1) is 16.4 Å². The van der Waals surface area contributed by atoms with Gasteiger partial charge in [-0.1, -0.05) is 11.8 Å². The van der Waals surface area contributed by atoms with E-state index in [-0.39, 0.29) is 17.3 Å². The maximum absolute atomic E-state index is 11.9. The molecule has 8 nitrogen and oxygen atoms in total. The summed E-state index contributed by atoms with van der Waals surface area (Å²) in [6.45, 7) is 5.45. The summed E-state index contributed by atoms with van der Waals surface area (Å²) in [6, 6.07) is 7.82. The molecule has 0 aliphatic rings. The lowest BCUT2D eigenvalue weighted by molar-refractivity contribution is -0.384. The SMILES string of the molecule is C/C(=N/NC(=O)CSc1nc(C)cc(C)n1)c1ccc([N+](=O)[O-])cc1. The third-order valence-corrected chi connectivity index (χ3v) is 3.99. The summed E-state index contributed by atoms with van der Waals surface area (Å²) in [6.07, 6.45) is 0. The van der Waals surface area contributed by atoms with Crippen LogP contribution in [0.1, 0.15) is 23.9 Å². The van der Waals surface area contributed by atoms with Gasteiger partial charge in [-0.05, 0) is 44.5 Å². The minimum absolute atomic E-state index is 0.00503. The molecule has 1 aromatic carbocycles. The number of hydrazone groups is 1. The smallest absolute Gasteiger partial charge is 0.269 e. The number of non-ortho nitro benzene ring substituents is 1. The van der Waals surface area contributed by atoms with E-state index in [1.165, 1.54) is 23.9 Å². The summed E-state index contributed by atoms with van der Waals surface area (Å²) in [5, 5.41) is 15.2. The normalized spacial score (nSPS) is 11.2. The van der Waals surface area contributed by atoms with Crippen molar-refractivity contribution < 1.29 is 9.72 Å². The average Bonchev–Trinajstić information content (AvgIpc) is 2.57. The van der Waals surface area contributed by atoms with Gasteiger partial charge in [0.1, 0.15) is 0 Å². The molecule has 0 unspecified atom stereocenters. The van der Waals surface area contributed by atoms with Crippen LogP contribution in [0.4, 0.5) is 5.69 Å². The second-order valence-corrected chi connectivity index (χ2v) is 6.20. The van der Waals surface area contributed by atoms with Crippen molar-refractivity contribution in [3.05, 3.63) is 57.4 Å². The third-order valence-electron chi connectivity index (χ3n) is 3.14. The van der Waals surface area contributed by atoms with E-state index in [0.29, 0.717) is 16.4 Å². The van der Waals surface area contributed by atoms with Crippen molar-refractivity contribution in [1.82, 2.24) is 15.4 Å². The third kappa shape index (κ3) is 5.64. The number of nitrogens with zero attached hydrogens (tertiary/aromatic N) is 4. The van der Waals surface area contributed by atoms with Crippen LogP contribution in [0.2, 0.25) is 0 Å². The molecule has 1 N–H and O–H groups in total. The van der Waals surface area contributed by atoms with Gasteiger partial charge < -0.3 is 0 Å². The summed E-state index contributed by atoms with van der Waals surface area (Å²) in [4.78, 5) is 30.6. The number of benzene rings is 1. The summed E-state index contributed by atoms with van der Waals surface area (Å²) in [5.41, 5.74) is 5.40. The fraction of sp³-hybridized carbons (Fsp3) is 0.250. The highest BCUT2D eigenvalue weighted by Crippen LogP contribution is 2.14. The quantitative estimate of drug-likeness (QED) is 0.279. The monoisotopic (exact) mass is 359 g/mol. The highest BCUT2D eigenvalue weighted by atomic mass is 32.2. The lowest BCUT2D eigenvalue weighted by atomic mass is 10.1. The Morgan fingerprint density at radius 1 is 1.24 bits per heavy atom. The number of nitro groups is 1. The van der Waals surface area contributed by atoms with E-state index >= 15 is 0 Å². The van der Waals surface area contributed by atoms with Gasteiger partial charge in [-0.25, -0.2) is 15.4 Å². The lowest BCUT2D eigenvalue weighted by Crippen LogP contribution is -2.21. The van der Waals surface area contributed by atoms with Crippen LogP contribution in [-0.4, -0.2) is 32.3 Å². The van der Waals surface area contributed by atoms with Crippen LogP contribution in [0.3, 0.4) is 0 Å². The van der Waals surface area contributed by atoms with Gasteiger partial charge >= 0.3 is 0 Å². The molecule has 0 atom stereocenters. The molecule has 2 aromatic rings. The minimum Gasteiger partial charge on any atom is -0.272 e. The highest BCUT2D eigenvalue weighted by Gasteiger charge is 2.07. The van der Waals surface area contributed by atoms with Crippen molar-refractivity contribution in [1.29, 1.82) is 0 Å². The number of rotatable bonds is 6. The first kappa shape index (κ1) is 18.5. The van der Waals surface area contributed by atoms with E-state index in [9.17, 15) is 14.9 Å². The van der Waals surface area contributed by atoms with Gasteiger partial charge in [0.15, 0.2) is 5.16 Å². The lowest BCUT2D eigenvalue weighted by Gasteiger charge is -2.04. The van der Waals surface area contributed by atoms with Crippen LogP contribution in [-0.2, 0) is 4.79 Å². The minimum atomic E-state index is -0.468. The summed E-state index contributed by atoms with van der Waals surface area (Å²) in [7, 11) is 0. The van der Waals surface area contributed by atoms with Gasteiger partial charge in [0.25, 0.3) is 11.6 Å². The van der Waals surface area contributed by atoms with E-state index in [1.807, 2.05) is 19.9 Å². The first-order valence-electron chi connectivity index (χ1n) is 7.38. The Kier molecular flexibility index (Phi) is 6.18. The summed E-state index contributed by atoms with van der Waals surface area (Å²) >= 11 is 1.23. The zero-order chi connectivity index (χ0) is 18.4. The first-order valence-corrected chi connectivity index (χ1v) is 8.37. The highest BCUT2D eigenvalue weighted by molar-refractivity contribution is 7.99. The Morgan fingerprint density at radius 2 is 1.84 bits per heavy atom. The predicted octanol–water partition coefficient (Wildman–Crippen LogP) is 2.63. The van der Waals surface area contributed by atoms with E-state index in [2.05, 4.69) is 20.5 Å². The molecule has 1 amide bonds. The number of hydrogen-bond donors (Lipinski definition) is 1. The number of nitro benzene ring substituents is 1. The van der Waals surface area contributed by atoms with Crippen molar-refractivity contribution in [3.8, 4) is 0 Å². The largest absolute Gasteiger partial charge is 0.272 e. The molecule has 0 radical (unpaired) electrons. The molecule has 9 heteroatoms. The molecule has 2 rings (SSSR count). The molecule has 0 saturated carbocycles. The molecule has 1 heterocycles. The van der Waals surface area contributed by atoms with E-state index in [4.69, 9.17) is 0 Å². The van der Waals surface area contributed by atoms with Crippen LogP contribution in [0, 0.1) is 24.0 Å². The Morgan fingerprint density at radius 3 is 2.40 bits per heavy atom. The van der Waals surface area contributed by atoms with Crippen LogP contribution in [0.25, 0.3) is 0 Å². The van der Waals surface area contributed by atoms with Crippen molar-refractivity contribution in [3.63, 3.8) is 0 Å². The number of aromatic nitrogens is 2. The molecule has 0 aliphatic heterocycles. The van der Waals surface area contributed by atoms with Crippen LogP contribution in [0.15, 0.2) is 40.6 Å². The van der Waals surface area contributed by atoms with Crippen molar-refractivity contribution in [2.45, 2.75) is 25.9 Å². The molecule has 130 valence electrons. The topological polar surface area (TPSA) is 110 Å². The molecule has 0 fully saturated rings. The fourth-order valence-electron chi connectivity index (χ4n) is 1.96. The number of aryl methyl sites for hydroxylation is 2. The maximum atomic E-state index is 11.9. The molecular weight excluding hydrogens is 342 g/mol. The van der Waals surface area contributed by atoms with Crippen LogP contribution in [0.5, 0.6) is 0 Å². The number of nitrogens with one attached hydrogen (secondary N) is 1. The van der Waals surface area contributed by atoms with E-state index < -0.39 is 4.92 Å². The van der Waals surface area contributed by atoms with Gasteiger partial charge in [-0.15, -0.1) is 0 Å². The number of hydrogen-bond acceptors (Lipinski definition) is 7. The molecule has 0 bridgehead atoms. The maximum Gasteiger partial charge on any atom is 0.269 e. The molecule has 1 aromatic heterocycles. The number of carbonyl (C=O) groups excluding carboxylic acids is 1. The van der Waals surface area contributed by atoms with Gasteiger partial charge in [0, 0.05) is 23.5 Å². The van der Waals surface area contributed by atoms with Gasteiger partial charge in [-0.3, -0.25) is 14.9 Å². The van der Waals surface area contributed by atoms with E-state index in [1.54, 1.807) is 19.1 Å². The average molecular weight is 359 g/mol. The number of amides is 1. The first-order chi connectivity index (χ1) is 11.8. The Bertz CT molecular complexity index is 801. The molecule has 0 saturated heterocycles. The molecule has 0 aliphatic carbocycles. The van der Waals surface area contributed by atoms with Gasteiger partial charge in [0.2, 0.25) is 0 Å². The Labute approximate surface area is 148 Å². The van der Waals surface area contributed by atoms with Crippen molar-refractivity contribution >= 4 is 29.1 Å². The molecule has 0 spiro atoms. The molecule has 25 heavy (non-hydrogen) atoms. The Hall–Kier alpha value is -2.81. The predicted molar refractivity (Wildman–Crippen MR) is 95.7 cm³/mol. The van der Waals surface area contributed by atoms with Crippen molar-refractivity contribution in [2.75, 3.05) is 5.75 Å².